The highest BCUT2D eigenvalue weighted by Crippen LogP contribution is 2.35. The number of likely N-dealkylation sites (N-methyl/N-ethyl adjacent to an activating group) is 1. The number of anilines is 2. The van der Waals surface area contributed by atoms with E-state index in [1.54, 1.807) is 12.1 Å². The lowest BCUT2D eigenvalue weighted by atomic mass is 10.2. The maximum atomic E-state index is 11.4. The molecule has 0 radical (unpaired) electrons. The fraction of sp³-hybridized carbons (Fsp3) is 0.571. The molecule has 6 heteroatoms. The number of para-hydroxylation sites is 1. The zero-order valence-corrected chi connectivity index (χ0v) is 12.0. The SMILES string of the molecule is CCNc1cccc(N(C)CC2CCCO2)c1[N+](=O)[O-]. The van der Waals surface area contributed by atoms with Crippen LogP contribution in [-0.2, 0) is 4.74 Å². The summed E-state index contributed by atoms with van der Waals surface area (Å²) in [6.07, 6.45) is 2.26. The smallest absolute Gasteiger partial charge is 0.315 e. The maximum Gasteiger partial charge on any atom is 0.315 e. The van der Waals surface area contributed by atoms with Gasteiger partial charge in [-0.15, -0.1) is 0 Å². The highest BCUT2D eigenvalue weighted by molar-refractivity contribution is 5.76. The lowest BCUT2D eigenvalue weighted by Crippen LogP contribution is -2.29. The van der Waals surface area contributed by atoms with E-state index in [0.717, 1.165) is 19.4 Å². The topological polar surface area (TPSA) is 67.6 Å². The molecular weight excluding hydrogens is 258 g/mol. The molecule has 1 unspecified atom stereocenters. The van der Waals surface area contributed by atoms with Gasteiger partial charge >= 0.3 is 5.69 Å². The van der Waals surface area contributed by atoms with Gasteiger partial charge in [0, 0.05) is 26.7 Å². The van der Waals surface area contributed by atoms with Crippen LogP contribution in [-0.4, -0.2) is 37.8 Å². The number of ether oxygens (including phenoxy) is 1. The van der Waals surface area contributed by atoms with Gasteiger partial charge in [0.25, 0.3) is 0 Å². The van der Waals surface area contributed by atoms with E-state index in [4.69, 9.17) is 4.74 Å². The van der Waals surface area contributed by atoms with Crippen LogP contribution in [0.3, 0.4) is 0 Å². The number of hydrogen-bond acceptors (Lipinski definition) is 5. The van der Waals surface area contributed by atoms with Crippen LogP contribution in [0.1, 0.15) is 19.8 Å². The summed E-state index contributed by atoms with van der Waals surface area (Å²) < 4.78 is 5.60. The molecule has 1 aromatic carbocycles. The van der Waals surface area contributed by atoms with E-state index >= 15 is 0 Å². The van der Waals surface area contributed by atoms with Crippen molar-refractivity contribution < 1.29 is 9.66 Å². The van der Waals surface area contributed by atoms with E-state index in [9.17, 15) is 10.1 Å². The predicted octanol–water partition coefficient (Wildman–Crippen LogP) is 2.64. The van der Waals surface area contributed by atoms with Gasteiger partial charge in [0.05, 0.1) is 11.0 Å². The molecule has 6 nitrogen and oxygen atoms in total. The summed E-state index contributed by atoms with van der Waals surface area (Å²) in [5, 5.41) is 14.4. The van der Waals surface area contributed by atoms with Crippen molar-refractivity contribution in [1.82, 2.24) is 0 Å². The van der Waals surface area contributed by atoms with Crippen molar-refractivity contribution >= 4 is 17.1 Å². The first-order valence-corrected chi connectivity index (χ1v) is 6.97. The number of nitrogens with zero attached hydrogens (tertiary/aromatic N) is 2. The van der Waals surface area contributed by atoms with Crippen LogP contribution in [0, 0.1) is 10.1 Å². The molecule has 0 aliphatic carbocycles. The Hall–Kier alpha value is -1.82. The molecule has 1 N–H and O–H groups in total. The minimum Gasteiger partial charge on any atom is -0.380 e. The Bertz CT molecular complexity index is 473. The van der Waals surface area contributed by atoms with Crippen molar-refractivity contribution in [2.75, 3.05) is 37.0 Å². The van der Waals surface area contributed by atoms with Gasteiger partial charge in [-0.2, -0.15) is 0 Å². The van der Waals surface area contributed by atoms with E-state index in [-0.39, 0.29) is 16.7 Å². The summed E-state index contributed by atoms with van der Waals surface area (Å²) in [6, 6.07) is 5.37. The monoisotopic (exact) mass is 279 g/mol. The fourth-order valence-electron chi connectivity index (χ4n) is 2.56. The molecule has 1 fully saturated rings. The van der Waals surface area contributed by atoms with E-state index in [0.29, 0.717) is 24.5 Å². The number of nitro groups is 1. The van der Waals surface area contributed by atoms with E-state index in [1.807, 2.05) is 24.9 Å². The predicted molar refractivity (Wildman–Crippen MR) is 79.5 cm³/mol. The highest BCUT2D eigenvalue weighted by atomic mass is 16.6. The van der Waals surface area contributed by atoms with Gasteiger partial charge in [0.2, 0.25) is 0 Å². The second-order valence-electron chi connectivity index (χ2n) is 4.98. The maximum absolute atomic E-state index is 11.4. The molecule has 0 saturated carbocycles. The molecule has 0 spiro atoms. The van der Waals surface area contributed by atoms with Crippen LogP contribution < -0.4 is 10.2 Å². The van der Waals surface area contributed by atoms with Gasteiger partial charge in [-0.3, -0.25) is 10.1 Å². The second kappa shape index (κ2) is 6.56. The van der Waals surface area contributed by atoms with Crippen LogP contribution in [0.25, 0.3) is 0 Å². The van der Waals surface area contributed by atoms with Crippen molar-refractivity contribution in [3.05, 3.63) is 28.3 Å². The summed E-state index contributed by atoms with van der Waals surface area (Å²) in [5.41, 5.74) is 1.33. The van der Waals surface area contributed by atoms with Gasteiger partial charge in [-0.25, -0.2) is 0 Å². The summed E-state index contributed by atoms with van der Waals surface area (Å²) >= 11 is 0. The van der Waals surface area contributed by atoms with Crippen molar-refractivity contribution in [3.8, 4) is 0 Å². The van der Waals surface area contributed by atoms with Crippen molar-refractivity contribution in [3.63, 3.8) is 0 Å². The molecule has 1 aromatic rings. The summed E-state index contributed by atoms with van der Waals surface area (Å²) in [6.45, 7) is 4.04. The molecule has 1 aliphatic rings. The third-order valence-electron chi connectivity index (χ3n) is 3.48. The molecule has 1 aliphatic heterocycles. The normalized spacial score (nSPS) is 18.0. The van der Waals surface area contributed by atoms with Crippen molar-refractivity contribution in [2.24, 2.45) is 0 Å². The largest absolute Gasteiger partial charge is 0.380 e. The molecule has 0 bridgehead atoms. The fourth-order valence-corrected chi connectivity index (χ4v) is 2.56. The van der Waals surface area contributed by atoms with Gasteiger partial charge < -0.3 is 15.0 Å². The summed E-state index contributed by atoms with van der Waals surface area (Å²) in [7, 11) is 1.87. The van der Waals surface area contributed by atoms with E-state index in [1.165, 1.54) is 0 Å². The van der Waals surface area contributed by atoms with Gasteiger partial charge in [0.1, 0.15) is 11.4 Å². The van der Waals surface area contributed by atoms with Gasteiger partial charge in [-0.05, 0) is 31.9 Å². The molecule has 1 saturated heterocycles. The molecule has 2 rings (SSSR count). The summed E-state index contributed by atoms with van der Waals surface area (Å²) in [5.74, 6) is 0. The van der Waals surface area contributed by atoms with Crippen LogP contribution in [0.4, 0.5) is 17.1 Å². The van der Waals surface area contributed by atoms with Crippen LogP contribution >= 0.6 is 0 Å². The Morgan fingerprint density at radius 1 is 1.55 bits per heavy atom. The number of nitro benzene ring substituents is 1. The molecule has 20 heavy (non-hydrogen) atoms. The van der Waals surface area contributed by atoms with Crippen molar-refractivity contribution in [2.45, 2.75) is 25.9 Å². The Morgan fingerprint density at radius 2 is 2.35 bits per heavy atom. The Kier molecular flexibility index (Phi) is 4.79. The molecule has 1 atom stereocenters. The number of rotatable bonds is 6. The zero-order valence-electron chi connectivity index (χ0n) is 12.0. The first kappa shape index (κ1) is 14.6. The Balaban J connectivity index is 2.24. The molecule has 1 heterocycles. The minimum atomic E-state index is -0.320. The standard InChI is InChI=1S/C14H21N3O3/c1-3-15-12-7-4-8-13(14(12)17(18)19)16(2)10-11-6-5-9-20-11/h4,7-8,11,15H,3,5-6,9-10H2,1-2H3. The molecule has 110 valence electrons. The van der Waals surface area contributed by atoms with Crippen LogP contribution in [0.2, 0.25) is 0 Å². The lowest BCUT2D eigenvalue weighted by molar-refractivity contribution is -0.383. The molecule has 0 aromatic heterocycles. The number of benzene rings is 1. The molecule has 0 amide bonds. The second-order valence-corrected chi connectivity index (χ2v) is 4.98. The van der Waals surface area contributed by atoms with Crippen LogP contribution in [0.5, 0.6) is 0 Å². The summed E-state index contributed by atoms with van der Waals surface area (Å²) in [4.78, 5) is 13.0. The average Bonchev–Trinajstić information content (AvgIpc) is 2.91. The van der Waals surface area contributed by atoms with Crippen LogP contribution in [0.15, 0.2) is 18.2 Å². The Morgan fingerprint density at radius 3 is 2.95 bits per heavy atom. The zero-order chi connectivity index (χ0) is 14.5. The van der Waals surface area contributed by atoms with Crippen molar-refractivity contribution in [1.29, 1.82) is 0 Å². The Labute approximate surface area is 118 Å². The van der Waals surface area contributed by atoms with Gasteiger partial charge in [-0.1, -0.05) is 6.07 Å². The average molecular weight is 279 g/mol. The van der Waals surface area contributed by atoms with E-state index < -0.39 is 0 Å². The highest BCUT2D eigenvalue weighted by Gasteiger charge is 2.24. The third-order valence-corrected chi connectivity index (χ3v) is 3.48. The van der Waals surface area contributed by atoms with E-state index in [2.05, 4.69) is 5.32 Å². The number of nitrogens with one attached hydrogen (secondary N) is 1. The number of hydrogen-bond donors (Lipinski definition) is 1. The van der Waals surface area contributed by atoms with Gasteiger partial charge in [0.15, 0.2) is 0 Å². The third kappa shape index (κ3) is 3.19. The molecular formula is C14H21N3O3. The first-order chi connectivity index (χ1) is 9.63. The first-order valence-electron chi connectivity index (χ1n) is 6.97. The quantitative estimate of drug-likeness (QED) is 0.640. The minimum absolute atomic E-state index is 0.134. The lowest BCUT2D eigenvalue weighted by Gasteiger charge is -2.23.